The summed E-state index contributed by atoms with van der Waals surface area (Å²) < 4.78 is 1.60. The maximum atomic E-state index is 13.8. The molecule has 1 saturated carbocycles. The van der Waals surface area contributed by atoms with Crippen LogP contribution in [0.1, 0.15) is 31.6 Å². The van der Waals surface area contributed by atoms with Crippen molar-refractivity contribution in [1.82, 2.24) is 19.5 Å². The summed E-state index contributed by atoms with van der Waals surface area (Å²) in [5.41, 5.74) is -2.35. The van der Waals surface area contributed by atoms with Gasteiger partial charge < -0.3 is 10.2 Å². The molecule has 0 radical (unpaired) electrons. The molecule has 1 aliphatic rings. The van der Waals surface area contributed by atoms with Crippen LogP contribution in [0.3, 0.4) is 0 Å². The molecular weight excluding hydrogens is 438 g/mol. The van der Waals surface area contributed by atoms with E-state index < -0.39 is 29.1 Å². The van der Waals surface area contributed by atoms with E-state index in [0.29, 0.717) is 22.6 Å². The van der Waals surface area contributed by atoms with Gasteiger partial charge in [0.1, 0.15) is 11.1 Å². The van der Waals surface area contributed by atoms with E-state index in [0.717, 1.165) is 9.89 Å². The molecule has 4 atom stereocenters. The molecule has 0 bridgehead atoms. The number of carbonyl (C=O) groups is 1. The predicted molar refractivity (Wildman–Crippen MR) is 119 cm³/mol. The number of rotatable bonds is 6. The van der Waals surface area contributed by atoms with Crippen LogP contribution in [0.5, 0.6) is 0 Å². The number of amides is 1. The number of nitrogens with two attached hydrogens (primary N) is 1. The quantitative estimate of drug-likeness (QED) is 0.293. The first-order valence-corrected chi connectivity index (χ1v) is 11.5. The van der Waals surface area contributed by atoms with Gasteiger partial charge in [-0.15, -0.1) is 11.3 Å². The van der Waals surface area contributed by atoms with Crippen LogP contribution < -0.4 is 5.84 Å². The lowest BCUT2D eigenvalue weighted by Gasteiger charge is -2.47. The van der Waals surface area contributed by atoms with E-state index in [2.05, 4.69) is 9.97 Å². The Morgan fingerprint density at radius 3 is 2.94 bits per heavy atom. The van der Waals surface area contributed by atoms with Gasteiger partial charge in [0.2, 0.25) is 0 Å². The van der Waals surface area contributed by atoms with Gasteiger partial charge in [0.25, 0.3) is 5.91 Å². The van der Waals surface area contributed by atoms with Crippen molar-refractivity contribution in [2.24, 2.45) is 11.8 Å². The molecule has 0 aliphatic heterocycles. The van der Waals surface area contributed by atoms with Gasteiger partial charge in [0.15, 0.2) is 11.2 Å². The Labute approximate surface area is 189 Å². The largest absolute Gasteiger partial charge is 0.390 e. The van der Waals surface area contributed by atoms with E-state index in [9.17, 15) is 15.0 Å². The minimum absolute atomic E-state index is 0.196. The molecule has 0 saturated heterocycles. The fourth-order valence-corrected chi connectivity index (χ4v) is 6.13. The number of fused-ring (bicyclic) bond motifs is 1. The molecule has 0 spiro atoms. The number of likely N-dealkylation sites (N-methyl/N-ethyl adjacent to an activating group) is 1. The van der Waals surface area contributed by atoms with Gasteiger partial charge in [-0.3, -0.25) is 14.4 Å². The summed E-state index contributed by atoms with van der Waals surface area (Å²) in [5, 5.41) is 26.9. The zero-order chi connectivity index (χ0) is 22.4. The molecule has 1 amide bonds. The standard InChI is InChI=1S/C21H26ClN5O3S/c1-3-27(23)19(29)20(26-12-25-15-5-4-9-24-18(15)26)8-6-17(28)21(20,30)13(2)11-16-14(22)7-10-31-16/h4-5,7,9-10,12-13,17,28,30H,3,6,8,11,23H2,1-2H3. The highest BCUT2D eigenvalue weighted by Gasteiger charge is 2.68. The van der Waals surface area contributed by atoms with Crippen LogP contribution in [-0.4, -0.2) is 53.9 Å². The van der Waals surface area contributed by atoms with Crippen molar-refractivity contribution in [1.29, 1.82) is 0 Å². The van der Waals surface area contributed by atoms with Gasteiger partial charge in [0, 0.05) is 17.6 Å². The van der Waals surface area contributed by atoms with Crippen molar-refractivity contribution in [2.75, 3.05) is 6.54 Å². The molecule has 3 aromatic rings. The SMILES string of the molecule is CCN(N)C(=O)C1(n2cnc3cccnc32)CCC(O)C1(O)C(C)Cc1sccc1Cl. The predicted octanol–water partition coefficient (Wildman–Crippen LogP) is 2.33. The van der Waals surface area contributed by atoms with Crippen LogP contribution in [0.25, 0.3) is 11.2 Å². The zero-order valence-electron chi connectivity index (χ0n) is 17.4. The van der Waals surface area contributed by atoms with E-state index >= 15 is 0 Å². The number of pyridine rings is 1. The lowest BCUT2D eigenvalue weighted by molar-refractivity contribution is -0.177. The van der Waals surface area contributed by atoms with Gasteiger partial charge >= 0.3 is 0 Å². The van der Waals surface area contributed by atoms with Crippen LogP contribution in [0.15, 0.2) is 36.1 Å². The first-order chi connectivity index (χ1) is 14.8. The smallest absolute Gasteiger partial charge is 0.265 e. The lowest BCUT2D eigenvalue weighted by Crippen LogP contribution is -2.68. The van der Waals surface area contributed by atoms with Crippen LogP contribution in [0.4, 0.5) is 0 Å². The molecule has 1 fully saturated rings. The molecule has 1 aliphatic carbocycles. The first-order valence-electron chi connectivity index (χ1n) is 10.2. The summed E-state index contributed by atoms with van der Waals surface area (Å²) in [7, 11) is 0. The summed E-state index contributed by atoms with van der Waals surface area (Å²) in [6.45, 7) is 3.83. The molecule has 166 valence electrons. The van der Waals surface area contributed by atoms with Crippen molar-refractivity contribution in [3.05, 3.63) is 46.0 Å². The highest BCUT2D eigenvalue weighted by molar-refractivity contribution is 7.10. The molecule has 4 rings (SSSR count). The Kier molecular flexibility index (Phi) is 5.82. The molecule has 3 heterocycles. The Bertz CT molecular complexity index is 1100. The highest BCUT2D eigenvalue weighted by Crippen LogP contribution is 2.52. The van der Waals surface area contributed by atoms with Crippen molar-refractivity contribution in [2.45, 2.75) is 50.4 Å². The third-order valence-corrected chi connectivity index (χ3v) is 7.97. The van der Waals surface area contributed by atoms with Crippen LogP contribution >= 0.6 is 22.9 Å². The zero-order valence-corrected chi connectivity index (χ0v) is 19.0. The number of hydrazine groups is 1. The van der Waals surface area contributed by atoms with E-state index in [1.165, 1.54) is 17.7 Å². The van der Waals surface area contributed by atoms with Crippen molar-refractivity contribution in [3.63, 3.8) is 0 Å². The summed E-state index contributed by atoms with van der Waals surface area (Å²) in [6, 6.07) is 5.34. The second-order valence-electron chi connectivity index (χ2n) is 8.09. The summed E-state index contributed by atoms with van der Waals surface area (Å²) in [6.07, 6.45) is 2.80. The van der Waals surface area contributed by atoms with E-state index in [4.69, 9.17) is 17.4 Å². The van der Waals surface area contributed by atoms with Gasteiger partial charge in [-0.2, -0.15) is 0 Å². The molecule has 3 aromatic heterocycles. The van der Waals surface area contributed by atoms with E-state index in [1.807, 2.05) is 12.3 Å². The average Bonchev–Trinajstić information content (AvgIpc) is 3.45. The van der Waals surface area contributed by atoms with Gasteiger partial charge in [-0.25, -0.2) is 15.8 Å². The molecule has 4 N–H and O–H groups in total. The van der Waals surface area contributed by atoms with Crippen LogP contribution in [0, 0.1) is 5.92 Å². The topological polar surface area (TPSA) is 118 Å². The number of halogens is 1. The fourth-order valence-electron chi connectivity index (χ4n) is 4.89. The summed E-state index contributed by atoms with van der Waals surface area (Å²) in [5.74, 6) is 5.08. The third-order valence-electron chi connectivity index (χ3n) is 6.56. The van der Waals surface area contributed by atoms with Crippen LogP contribution in [-0.2, 0) is 16.8 Å². The van der Waals surface area contributed by atoms with Crippen molar-refractivity contribution < 1.29 is 15.0 Å². The Morgan fingerprint density at radius 2 is 2.26 bits per heavy atom. The molecule has 0 aromatic carbocycles. The van der Waals surface area contributed by atoms with E-state index in [-0.39, 0.29) is 19.4 Å². The van der Waals surface area contributed by atoms with Gasteiger partial charge in [-0.05, 0) is 55.7 Å². The Morgan fingerprint density at radius 1 is 1.48 bits per heavy atom. The number of aliphatic hydroxyl groups is 2. The first kappa shape index (κ1) is 22.2. The second-order valence-corrected chi connectivity index (χ2v) is 9.50. The molecule has 4 unspecified atom stereocenters. The molecule has 10 heteroatoms. The summed E-state index contributed by atoms with van der Waals surface area (Å²) >= 11 is 7.78. The summed E-state index contributed by atoms with van der Waals surface area (Å²) in [4.78, 5) is 23.5. The number of hydrogen-bond acceptors (Lipinski definition) is 7. The number of hydrogen-bond donors (Lipinski definition) is 3. The van der Waals surface area contributed by atoms with E-state index in [1.54, 1.807) is 35.9 Å². The molecule has 8 nitrogen and oxygen atoms in total. The van der Waals surface area contributed by atoms with Gasteiger partial charge in [-0.1, -0.05) is 18.5 Å². The van der Waals surface area contributed by atoms with Crippen molar-refractivity contribution in [3.8, 4) is 0 Å². The van der Waals surface area contributed by atoms with Crippen molar-refractivity contribution >= 4 is 40.0 Å². The number of imidazole rings is 1. The molecular formula is C21H26ClN5O3S. The maximum Gasteiger partial charge on any atom is 0.265 e. The second kappa shape index (κ2) is 8.14. The maximum absolute atomic E-state index is 13.8. The lowest BCUT2D eigenvalue weighted by atomic mass is 9.70. The minimum atomic E-state index is -1.82. The fraction of sp³-hybridized carbons (Fsp3) is 0.476. The minimum Gasteiger partial charge on any atom is -0.390 e. The van der Waals surface area contributed by atoms with Crippen LogP contribution in [0.2, 0.25) is 5.02 Å². The number of nitrogens with zero attached hydrogens (tertiary/aromatic N) is 4. The number of carbonyl (C=O) groups excluding carboxylic acids is 1. The monoisotopic (exact) mass is 463 g/mol. The third kappa shape index (κ3) is 3.18. The number of aliphatic hydroxyl groups excluding tert-OH is 1. The Hall–Kier alpha value is -2.04. The average molecular weight is 464 g/mol. The Balaban J connectivity index is 1.92. The van der Waals surface area contributed by atoms with Gasteiger partial charge in [0.05, 0.1) is 17.5 Å². The highest BCUT2D eigenvalue weighted by atomic mass is 35.5. The number of thiophene rings is 1. The molecule has 31 heavy (non-hydrogen) atoms. The number of aromatic nitrogens is 3. The normalized spacial score (nSPS) is 27.0.